The van der Waals surface area contributed by atoms with Crippen LogP contribution in [0.15, 0.2) is 30.3 Å². The molecule has 3 nitrogen and oxygen atoms in total. The molecule has 88 valence electrons. The number of benzene rings is 1. The molecule has 16 heavy (non-hydrogen) atoms. The van der Waals surface area contributed by atoms with Crippen LogP contribution in [-0.2, 0) is 16.0 Å². The molecule has 0 aliphatic rings. The van der Waals surface area contributed by atoms with Crippen LogP contribution in [0, 0.1) is 0 Å². The van der Waals surface area contributed by atoms with Crippen LogP contribution in [0.3, 0.4) is 0 Å². The van der Waals surface area contributed by atoms with Crippen LogP contribution in [0.2, 0.25) is 0 Å². The molecule has 0 bridgehead atoms. The van der Waals surface area contributed by atoms with Crippen molar-refractivity contribution in [3.8, 4) is 0 Å². The van der Waals surface area contributed by atoms with E-state index in [9.17, 15) is 9.90 Å². The Morgan fingerprint density at radius 3 is 2.62 bits per heavy atom. The topological polar surface area (TPSA) is 46.5 Å². The van der Waals surface area contributed by atoms with E-state index in [-0.39, 0.29) is 5.97 Å². The predicted molar refractivity (Wildman–Crippen MR) is 62.0 cm³/mol. The van der Waals surface area contributed by atoms with Gasteiger partial charge in [0, 0.05) is 13.3 Å². The molecule has 0 aromatic heterocycles. The zero-order valence-electron chi connectivity index (χ0n) is 9.56. The van der Waals surface area contributed by atoms with Gasteiger partial charge in [-0.15, -0.1) is 0 Å². The Balaban J connectivity index is 2.15. The van der Waals surface area contributed by atoms with E-state index in [1.54, 1.807) is 0 Å². The Bertz CT molecular complexity index is 308. The molecule has 0 saturated heterocycles. The second kappa shape index (κ2) is 7.01. The van der Waals surface area contributed by atoms with Crippen molar-refractivity contribution in [1.82, 2.24) is 0 Å². The van der Waals surface area contributed by atoms with E-state index in [0.717, 1.165) is 6.42 Å². The third kappa shape index (κ3) is 5.51. The Kier molecular flexibility index (Phi) is 5.57. The van der Waals surface area contributed by atoms with E-state index in [1.807, 2.05) is 30.3 Å². The van der Waals surface area contributed by atoms with Crippen molar-refractivity contribution < 1.29 is 14.6 Å². The normalized spacial score (nSPS) is 12.1. The number of esters is 1. The van der Waals surface area contributed by atoms with Gasteiger partial charge < -0.3 is 9.84 Å². The third-order valence-corrected chi connectivity index (χ3v) is 2.37. The van der Waals surface area contributed by atoms with Crippen LogP contribution in [0.1, 0.15) is 25.3 Å². The second-order valence-electron chi connectivity index (χ2n) is 3.81. The van der Waals surface area contributed by atoms with Crippen LogP contribution in [0.4, 0.5) is 0 Å². The lowest BCUT2D eigenvalue weighted by Gasteiger charge is -2.10. The number of carbonyl (C=O) groups is 1. The summed E-state index contributed by atoms with van der Waals surface area (Å²) in [6.07, 6.45) is 1.65. The summed E-state index contributed by atoms with van der Waals surface area (Å²) in [5, 5.41) is 9.63. The van der Waals surface area contributed by atoms with Crippen LogP contribution >= 0.6 is 0 Å². The van der Waals surface area contributed by atoms with E-state index >= 15 is 0 Å². The van der Waals surface area contributed by atoms with Crippen molar-refractivity contribution in [1.29, 1.82) is 0 Å². The molecule has 0 amide bonds. The molecule has 1 aromatic carbocycles. The van der Waals surface area contributed by atoms with Gasteiger partial charge in [-0.2, -0.15) is 0 Å². The summed E-state index contributed by atoms with van der Waals surface area (Å²) in [5.74, 6) is -0.296. The lowest BCUT2D eigenvalue weighted by atomic mass is 10.1. The molecule has 3 heteroatoms. The molecule has 1 rings (SSSR count). The number of aliphatic hydroxyl groups excluding tert-OH is 1. The molecule has 1 atom stereocenters. The zero-order chi connectivity index (χ0) is 11.8. The van der Waals surface area contributed by atoms with Crippen molar-refractivity contribution >= 4 is 5.97 Å². The van der Waals surface area contributed by atoms with Crippen LogP contribution in [0.25, 0.3) is 0 Å². The Morgan fingerprint density at radius 1 is 1.31 bits per heavy atom. The summed E-state index contributed by atoms with van der Waals surface area (Å²) in [6, 6.07) is 10.0. The highest BCUT2D eigenvalue weighted by Crippen LogP contribution is 2.07. The molecule has 0 spiro atoms. The summed E-state index contributed by atoms with van der Waals surface area (Å²) in [5.41, 5.74) is 1.22. The van der Waals surface area contributed by atoms with Crippen molar-refractivity contribution in [2.24, 2.45) is 0 Å². The molecule has 0 saturated carbocycles. The average molecular weight is 222 g/mol. The van der Waals surface area contributed by atoms with Crippen molar-refractivity contribution in [3.05, 3.63) is 35.9 Å². The highest BCUT2D eigenvalue weighted by Gasteiger charge is 2.05. The number of ether oxygens (including phenoxy) is 1. The quantitative estimate of drug-likeness (QED) is 0.748. The van der Waals surface area contributed by atoms with Crippen molar-refractivity contribution in [3.63, 3.8) is 0 Å². The largest absolute Gasteiger partial charge is 0.466 e. The van der Waals surface area contributed by atoms with Crippen molar-refractivity contribution in [2.45, 2.75) is 32.3 Å². The van der Waals surface area contributed by atoms with Crippen LogP contribution in [0.5, 0.6) is 0 Å². The highest BCUT2D eigenvalue weighted by molar-refractivity contribution is 5.65. The zero-order valence-corrected chi connectivity index (χ0v) is 9.56. The Labute approximate surface area is 96.1 Å². The number of hydrogen-bond donors (Lipinski definition) is 1. The van der Waals surface area contributed by atoms with E-state index in [1.165, 1.54) is 12.5 Å². The molecular formula is C13H18O3. The minimum atomic E-state index is -0.403. The molecule has 0 radical (unpaired) electrons. The molecule has 0 fully saturated rings. The maximum atomic E-state index is 10.5. The van der Waals surface area contributed by atoms with Gasteiger partial charge >= 0.3 is 5.97 Å². The van der Waals surface area contributed by atoms with Gasteiger partial charge in [-0.1, -0.05) is 30.3 Å². The summed E-state index contributed by atoms with van der Waals surface area (Å²) in [7, 11) is 0. The molecule has 1 aromatic rings. The standard InChI is InChI=1S/C13H18O3/c1-11(14)16-10-9-13(15)8-7-12-5-3-2-4-6-12/h2-6,13,15H,7-10H2,1H3. The molecule has 0 heterocycles. The number of aliphatic hydroxyl groups is 1. The van der Waals surface area contributed by atoms with Gasteiger partial charge in [0.15, 0.2) is 0 Å². The van der Waals surface area contributed by atoms with Gasteiger partial charge in [0.2, 0.25) is 0 Å². The maximum absolute atomic E-state index is 10.5. The fraction of sp³-hybridized carbons (Fsp3) is 0.462. The molecule has 1 N–H and O–H groups in total. The molecule has 1 unspecified atom stereocenters. The number of rotatable bonds is 6. The molecular weight excluding hydrogens is 204 g/mol. The van der Waals surface area contributed by atoms with E-state index in [0.29, 0.717) is 19.4 Å². The SMILES string of the molecule is CC(=O)OCCC(O)CCc1ccccc1. The third-order valence-electron chi connectivity index (χ3n) is 2.37. The van der Waals surface area contributed by atoms with Gasteiger partial charge in [-0.25, -0.2) is 0 Å². The lowest BCUT2D eigenvalue weighted by molar-refractivity contribution is -0.141. The maximum Gasteiger partial charge on any atom is 0.302 e. The fourth-order valence-corrected chi connectivity index (χ4v) is 1.46. The first kappa shape index (κ1) is 12.7. The van der Waals surface area contributed by atoms with Gasteiger partial charge in [-0.3, -0.25) is 4.79 Å². The van der Waals surface area contributed by atoms with Gasteiger partial charge in [0.1, 0.15) is 0 Å². The van der Waals surface area contributed by atoms with E-state index in [4.69, 9.17) is 4.74 Å². The van der Waals surface area contributed by atoms with Crippen LogP contribution < -0.4 is 0 Å². The van der Waals surface area contributed by atoms with Crippen molar-refractivity contribution in [2.75, 3.05) is 6.61 Å². The summed E-state index contributed by atoms with van der Waals surface area (Å²) < 4.78 is 4.77. The Hall–Kier alpha value is -1.35. The number of hydrogen-bond acceptors (Lipinski definition) is 3. The first-order valence-corrected chi connectivity index (χ1v) is 5.54. The van der Waals surface area contributed by atoms with E-state index < -0.39 is 6.10 Å². The van der Waals surface area contributed by atoms with Crippen LogP contribution in [-0.4, -0.2) is 23.8 Å². The number of carbonyl (C=O) groups excluding carboxylic acids is 1. The minimum Gasteiger partial charge on any atom is -0.466 e. The predicted octanol–water partition coefficient (Wildman–Crippen LogP) is 1.93. The first-order valence-electron chi connectivity index (χ1n) is 5.54. The van der Waals surface area contributed by atoms with Gasteiger partial charge in [-0.05, 0) is 18.4 Å². The monoisotopic (exact) mass is 222 g/mol. The molecule has 0 aliphatic heterocycles. The summed E-state index contributed by atoms with van der Waals surface area (Å²) in [4.78, 5) is 10.5. The fourth-order valence-electron chi connectivity index (χ4n) is 1.46. The summed E-state index contributed by atoms with van der Waals surface area (Å²) >= 11 is 0. The van der Waals surface area contributed by atoms with Gasteiger partial charge in [0.25, 0.3) is 0 Å². The van der Waals surface area contributed by atoms with E-state index in [2.05, 4.69) is 0 Å². The number of aryl methyl sites for hydroxylation is 1. The second-order valence-corrected chi connectivity index (χ2v) is 3.81. The minimum absolute atomic E-state index is 0.296. The average Bonchev–Trinajstić information content (AvgIpc) is 2.27. The van der Waals surface area contributed by atoms with Gasteiger partial charge in [0.05, 0.1) is 12.7 Å². The lowest BCUT2D eigenvalue weighted by Crippen LogP contribution is -2.13. The molecule has 0 aliphatic carbocycles. The smallest absolute Gasteiger partial charge is 0.302 e. The Morgan fingerprint density at radius 2 is 2.00 bits per heavy atom. The summed E-state index contributed by atoms with van der Waals surface area (Å²) in [6.45, 7) is 1.67. The highest BCUT2D eigenvalue weighted by atomic mass is 16.5. The first-order chi connectivity index (χ1) is 7.68.